The Hall–Kier alpha value is -2.56. The van der Waals surface area contributed by atoms with E-state index in [9.17, 15) is 9.59 Å². The molecular weight excluding hydrogens is 342 g/mol. The summed E-state index contributed by atoms with van der Waals surface area (Å²) in [4.78, 5) is 26.6. The fourth-order valence-corrected chi connectivity index (χ4v) is 2.63. The predicted molar refractivity (Wildman–Crippen MR) is 108 cm³/mol. The third kappa shape index (κ3) is 7.29. The fraction of sp³-hybridized carbons (Fsp3) is 0.455. The molecule has 0 unspecified atom stereocenters. The summed E-state index contributed by atoms with van der Waals surface area (Å²) >= 11 is 0. The van der Waals surface area contributed by atoms with Crippen LogP contribution in [0.25, 0.3) is 0 Å². The van der Waals surface area contributed by atoms with Crippen LogP contribution in [0.2, 0.25) is 0 Å². The summed E-state index contributed by atoms with van der Waals surface area (Å²) in [7, 11) is 1.66. The summed E-state index contributed by atoms with van der Waals surface area (Å²) < 4.78 is 11.0. The molecule has 0 saturated heterocycles. The second-order valence-corrected chi connectivity index (χ2v) is 7.62. The minimum absolute atomic E-state index is 0.348. The average Bonchev–Trinajstić information content (AvgIpc) is 2.59. The van der Waals surface area contributed by atoms with Gasteiger partial charge in [-0.2, -0.15) is 0 Å². The molecule has 0 aliphatic carbocycles. The maximum atomic E-state index is 13.0. The van der Waals surface area contributed by atoms with Crippen molar-refractivity contribution in [1.82, 2.24) is 4.90 Å². The second kappa shape index (κ2) is 9.95. The summed E-state index contributed by atoms with van der Waals surface area (Å²) in [6.07, 6.45) is 4.23. The Kier molecular flexibility index (Phi) is 8.29. The smallest absolute Gasteiger partial charge is 0.410 e. The number of nitrogens with zero attached hydrogens (tertiary/aromatic N) is 1. The molecule has 0 aromatic heterocycles. The van der Waals surface area contributed by atoms with E-state index in [0.717, 1.165) is 0 Å². The first-order valence-corrected chi connectivity index (χ1v) is 9.07. The van der Waals surface area contributed by atoms with Crippen molar-refractivity contribution in [1.29, 1.82) is 0 Å². The number of esters is 1. The fourth-order valence-electron chi connectivity index (χ4n) is 2.63. The number of benzene rings is 1. The van der Waals surface area contributed by atoms with Crippen molar-refractivity contribution in [2.24, 2.45) is 5.41 Å². The highest BCUT2D eigenvalue weighted by atomic mass is 16.6. The highest BCUT2D eigenvalue weighted by Gasteiger charge is 2.38. The lowest BCUT2D eigenvalue weighted by Crippen LogP contribution is -2.40. The maximum absolute atomic E-state index is 13.0. The maximum Gasteiger partial charge on any atom is 0.410 e. The number of amides is 1. The lowest BCUT2D eigenvalue weighted by atomic mass is 9.78. The van der Waals surface area contributed by atoms with Crippen LogP contribution in [-0.2, 0) is 9.53 Å². The van der Waals surface area contributed by atoms with Gasteiger partial charge in [-0.1, -0.05) is 30.4 Å². The molecule has 148 valence electrons. The molecule has 0 fully saturated rings. The van der Waals surface area contributed by atoms with Crippen molar-refractivity contribution >= 4 is 12.1 Å². The van der Waals surface area contributed by atoms with Crippen molar-refractivity contribution in [3.8, 4) is 5.75 Å². The van der Waals surface area contributed by atoms with Crippen LogP contribution in [0.3, 0.4) is 0 Å². The first-order valence-electron chi connectivity index (χ1n) is 9.07. The standard InChI is InChI=1S/C22H31NO4/c1-7-14-22(15-8-2,19(24)26-18-12-10-9-11-13-18)16-17-23(6)20(25)27-21(3,4)5/h7-13H,1-2,14-17H2,3-6H3. The molecule has 0 heterocycles. The molecule has 0 aliphatic heterocycles. The zero-order valence-corrected chi connectivity index (χ0v) is 16.9. The first-order chi connectivity index (χ1) is 12.6. The van der Waals surface area contributed by atoms with Gasteiger partial charge in [-0.15, -0.1) is 13.2 Å². The van der Waals surface area contributed by atoms with Crippen molar-refractivity contribution in [2.45, 2.75) is 45.6 Å². The number of rotatable bonds is 9. The van der Waals surface area contributed by atoms with E-state index in [-0.39, 0.29) is 5.97 Å². The van der Waals surface area contributed by atoms with Gasteiger partial charge in [0.1, 0.15) is 11.4 Å². The van der Waals surface area contributed by atoms with Crippen LogP contribution < -0.4 is 4.74 Å². The van der Waals surface area contributed by atoms with E-state index in [1.165, 1.54) is 4.90 Å². The van der Waals surface area contributed by atoms with Crippen LogP contribution in [0.15, 0.2) is 55.6 Å². The van der Waals surface area contributed by atoms with Gasteiger partial charge in [0.25, 0.3) is 0 Å². The van der Waals surface area contributed by atoms with Crippen LogP contribution in [0.4, 0.5) is 4.79 Å². The minimum atomic E-state index is -0.838. The van der Waals surface area contributed by atoms with Crippen molar-refractivity contribution in [2.75, 3.05) is 13.6 Å². The zero-order chi connectivity index (χ0) is 20.5. The summed E-state index contributed by atoms with van der Waals surface area (Å²) in [6.45, 7) is 13.4. The SMILES string of the molecule is C=CCC(CC=C)(CCN(C)C(=O)OC(C)(C)C)C(=O)Oc1ccccc1. The molecule has 0 N–H and O–H groups in total. The highest BCUT2D eigenvalue weighted by molar-refractivity contribution is 5.79. The summed E-state index contributed by atoms with van der Waals surface area (Å²) in [5.74, 6) is 0.131. The summed E-state index contributed by atoms with van der Waals surface area (Å²) in [5, 5.41) is 0. The number of carbonyl (C=O) groups excluding carboxylic acids is 2. The van der Waals surface area contributed by atoms with Gasteiger partial charge in [0, 0.05) is 13.6 Å². The Balaban J connectivity index is 2.91. The van der Waals surface area contributed by atoms with Crippen LogP contribution in [-0.4, -0.2) is 36.2 Å². The van der Waals surface area contributed by atoms with Crippen LogP contribution in [0.5, 0.6) is 5.75 Å². The quantitative estimate of drug-likeness (QED) is 0.348. The van der Waals surface area contributed by atoms with Crippen molar-refractivity contribution in [3.05, 3.63) is 55.6 Å². The third-order valence-electron chi connectivity index (χ3n) is 4.09. The molecule has 0 aliphatic rings. The predicted octanol–water partition coefficient (Wildman–Crippen LogP) is 4.99. The van der Waals surface area contributed by atoms with Crippen LogP contribution >= 0.6 is 0 Å². The summed E-state index contributed by atoms with van der Waals surface area (Å²) in [6, 6.07) is 8.94. The highest BCUT2D eigenvalue weighted by Crippen LogP contribution is 2.34. The van der Waals surface area contributed by atoms with Gasteiger partial charge in [-0.3, -0.25) is 4.79 Å². The van der Waals surface area contributed by atoms with E-state index < -0.39 is 17.1 Å². The monoisotopic (exact) mass is 373 g/mol. The van der Waals surface area contributed by atoms with Gasteiger partial charge in [-0.25, -0.2) is 4.79 Å². The van der Waals surface area contributed by atoms with E-state index in [1.54, 1.807) is 31.3 Å². The molecule has 0 bridgehead atoms. The van der Waals surface area contributed by atoms with Crippen molar-refractivity contribution in [3.63, 3.8) is 0 Å². The number of hydrogen-bond donors (Lipinski definition) is 0. The zero-order valence-electron chi connectivity index (χ0n) is 16.9. The van der Waals surface area contributed by atoms with Gasteiger partial charge in [0.05, 0.1) is 5.41 Å². The first kappa shape index (κ1) is 22.5. The van der Waals surface area contributed by atoms with Gasteiger partial charge in [0.2, 0.25) is 0 Å². The van der Waals surface area contributed by atoms with E-state index >= 15 is 0 Å². The van der Waals surface area contributed by atoms with Gasteiger partial charge in [-0.05, 0) is 52.2 Å². The minimum Gasteiger partial charge on any atom is -0.444 e. The number of para-hydroxylation sites is 1. The topological polar surface area (TPSA) is 55.8 Å². The summed E-state index contributed by atoms with van der Waals surface area (Å²) in [5.41, 5.74) is -1.41. The molecule has 5 heteroatoms. The number of hydrogen-bond acceptors (Lipinski definition) is 4. The van der Waals surface area contributed by atoms with Gasteiger partial charge >= 0.3 is 12.1 Å². The molecule has 0 spiro atoms. The number of carbonyl (C=O) groups is 2. The molecule has 1 rings (SSSR count). The molecule has 0 atom stereocenters. The van der Waals surface area contributed by atoms with E-state index in [2.05, 4.69) is 13.2 Å². The second-order valence-electron chi connectivity index (χ2n) is 7.62. The Morgan fingerprint density at radius 1 is 1.07 bits per heavy atom. The van der Waals surface area contributed by atoms with E-state index in [0.29, 0.717) is 31.6 Å². The van der Waals surface area contributed by atoms with Crippen molar-refractivity contribution < 1.29 is 19.1 Å². The largest absolute Gasteiger partial charge is 0.444 e. The lowest BCUT2D eigenvalue weighted by molar-refractivity contribution is -0.146. The third-order valence-corrected chi connectivity index (χ3v) is 4.09. The lowest BCUT2D eigenvalue weighted by Gasteiger charge is -2.32. The van der Waals surface area contributed by atoms with Gasteiger partial charge in [0.15, 0.2) is 0 Å². The van der Waals surface area contributed by atoms with Crippen LogP contribution in [0, 0.1) is 5.41 Å². The molecule has 1 amide bonds. The number of ether oxygens (including phenoxy) is 2. The van der Waals surface area contributed by atoms with E-state index in [1.807, 2.05) is 39.0 Å². The normalized spacial score (nSPS) is 11.4. The van der Waals surface area contributed by atoms with Gasteiger partial charge < -0.3 is 14.4 Å². The van der Waals surface area contributed by atoms with E-state index in [4.69, 9.17) is 9.47 Å². The molecule has 0 saturated carbocycles. The van der Waals surface area contributed by atoms with Crippen LogP contribution in [0.1, 0.15) is 40.0 Å². The molecule has 1 aromatic rings. The molecule has 0 radical (unpaired) electrons. The molecule has 1 aromatic carbocycles. The molecular formula is C22H31NO4. The Bertz CT molecular complexity index is 636. The Morgan fingerprint density at radius 3 is 2.11 bits per heavy atom. The molecule has 5 nitrogen and oxygen atoms in total. The molecule has 27 heavy (non-hydrogen) atoms. The Labute approximate surface area is 162 Å². The number of allylic oxidation sites excluding steroid dienone is 2. The Morgan fingerprint density at radius 2 is 1.63 bits per heavy atom. The average molecular weight is 373 g/mol.